The topological polar surface area (TPSA) is 50.4 Å². The second kappa shape index (κ2) is 6.75. The molecule has 4 nitrogen and oxygen atoms in total. The van der Waals surface area contributed by atoms with E-state index >= 15 is 0 Å². The molecular formula is C16H24N2O2. The van der Waals surface area contributed by atoms with Gasteiger partial charge in [0.1, 0.15) is 5.75 Å². The predicted molar refractivity (Wildman–Crippen MR) is 79.9 cm³/mol. The molecule has 0 aromatic heterocycles. The summed E-state index contributed by atoms with van der Waals surface area (Å²) >= 11 is 0. The number of piperidine rings is 1. The first-order chi connectivity index (χ1) is 9.57. The molecule has 1 saturated heterocycles. The maximum Gasteiger partial charge on any atom is 0.257 e. The third-order valence-corrected chi connectivity index (χ3v) is 3.91. The van der Waals surface area contributed by atoms with Crippen LogP contribution >= 0.6 is 0 Å². The molecule has 0 radical (unpaired) electrons. The van der Waals surface area contributed by atoms with Crippen molar-refractivity contribution in [1.29, 1.82) is 0 Å². The molecule has 0 aliphatic carbocycles. The van der Waals surface area contributed by atoms with E-state index in [0.717, 1.165) is 38.2 Å². The van der Waals surface area contributed by atoms with E-state index in [2.05, 4.69) is 17.6 Å². The largest absolute Gasteiger partial charge is 0.484 e. The summed E-state index contributed by atoms with van der Waals surface area (Å²) in [5.41, 5.74) is 1.39. The number of carbonyl (C=O) groups is 1. The van der Waals surface area contributed by atoms with Crippen LogP contribution in [0.5, 0.6) is 5.75 Å². The molecule has 1 aromatic rings. The van der Waals surface area contributed by atoms with Crippen molar-refractivity contribution in [1.82, 2.24) is 10.6 Å². The minimum atomic E-state index is -0.0506. The van der Waals surface area contributed by atoms with Gasteiger partial charge in [-0.1, -0.05) is 24.6 Å². The fourth-order valence-electron chi connectivity index (χ4n) is 2.35. The highest BCUT2D eigenvalue weighted by molar-refractivity contribution is 5.77. The normalized spacial score (nSPS) is 17.5. The Morgan fingerprint density at radius 3 is 2.60 bits per heavy atom. The van der Waals surface area contributed by atoms with Crippen LogP contribution < -0.4 is 15.4 Å². The van der Waals surface area contributed by atoms with Crippen molar-refractivity contribution in [2.45, 2.75) is 26.7 Å². The van der Waals surface area contributed by atoms with Crippen molar-refractivity contribution in [3.05, 3.63) is 29.8 Å². The minimum absolute atomic E-state index is 0.0506. The number of hydrogen-bond donors (Lipinski definition) is 2. The molecule has 0 saturated carbocycles. The molecule has 110 valence electrons. The second-order valence-electron chi connectivity index (χ2n) is 5.94. The lowest BCUT2D eigenvalue weighted by atomic mass is 9.81. The summed E-state index contributed by atoms with van der Waals surface area (Å²) in [6, 6.07) is 7.72. The summed E-state index contributed by atoms with van der Waals surface area (Å²) in [5, 5.41) is 6.32. The van der Waals surface area contributed by atoms with Crippen molar-refractivity contribution < 1.29 is 9.53 Å². The molecule has 2 N–H and O–H groups in total. The summed E-state index contributed by atoms with van der Waals surface area (Å²) in [6.45, 7) is 7.13. The Kier molecular flexibility index (Phi) is 5.01. The van der Waals surface area contributed by atoms with Crippen LogP contribution in [0.4, 0.5) is 0 Å². The Morgan fingerprint density at radius 2 is 1.95 bits per heavy atom. The first-order valence-corrected chi connectivity index (χ1v) is 7.24. The van der Waals surface area contributed by atoms with E-state index in [4.69, 9.17) is 4.74 Å². The van der Waals surface area contributed by atoms with E-state index < -0.39 is 0 Å². The number of hydrogen-bond acceptors (Lipinski definition) is 3. The number of benzene rings is 1. The maximum absolute atomic E-state index is 11.8. The highest BCUT2D eigenvalue weighted by atomic mass is 16.5. The molecule has 4 heteroatoms. The highest BCUT2D eigenvalue weighted by Crippen LogP contribution is 2.26. The Hall–Kier alpha value is -1.55. The zero-order valence-corrected chi connectivity index (χ0v) is 12.4. The van der Waals surface area contributed by atoms with Gasteiger partial charge in [-0.15, -0.1) is 0 Å². The van der Waals surface area contributed by atoms with E-state index in [1.807, 2.05) is 31.2 Å². The van der Waals surface area contributed by atoms with Crippen molar-refractivity contribution in [2.24, 2.45) is 5.41 Å². The van der Waals surface area contributed by atoms with E-state index in [1.165, 1.54) is 5.56 Å². The minimum Gasteiger partial charge on any atom is -0.484 e. The van der Waals surface area contributed by atoms with Crippen LogP contribution in [0, 0.1) is 12.3 Å². The zero-order valence-electron chi connectivity index (χ0n) is 12.4. The standard InChI is InChI=1S/C16H24N2O2/c1-13-3-5-14(6-4-13)20-11-15(19)18-12-16(2)7-9-17-10-8-16/h3-6,17H,7-12H2,1-2H3,(H,18,19). The molecule has 1 aliphatic rings. The Morgan fingerprint density at radius 1 is 1.30 bits per heavy atom. The lowest BCUT2D eigenvalue weighted by Crippen LogP contribution is -2.43. The van der Waals surface area contributed by atoms with Crippen LogP contribution in [0.3, 0.4) is 0 Å². The molecule has 1 aliphatic heterocycles. The summed E-state index contributed by atoms with van der Waals surface area (Å²) in [5.74, 6) is 0.684. The van der Waals surface area contributed by atoms with Crippen molar-refractivity contribution >= 4 is 5.91 Å². The van der Waals surface area contributed by atoms with Crippen LogP contribution in [0.1, 0.15) is 25.3 Å². The molecule has 1 amide bonds. The van der Waals surface area contributed by atoms with Gasteiger partial charge in [-0.05, 0) is 50.4 Å². The molecule has 0 unspecified atom stereocenters. The first kappa shape index (κ1) is 14.9. The fraction of sp³-hybridized carbons (Fsp3) is 0.562. The summed E-state index contributed by atoms with van der Waals surface area (Å²) in [6.07, 6.45) is 2.21. The third kappa shape index (κ3) is 4.53. The molecule has 1 heterocycles. The lowest BCUT2D eigenvalue weighted by Gasteiger charge is -2.34. The molecule has 1 fully saturated rings. The maximum atomic E-state index is 11.8. The molecule has 0 atom stereocenters. The van der Waals surface area contributed by atoms with Gasteiger partial charge in [0.25, 0.3) is 5.91 Å². The van der Waals surface area contributed by atoms with E-state index in [9.17, 15) is 4.79 Å². The van der Waals surface area contributed by atoms with Gasteiger partial charge >= 0.3 is 0 Å². The van der Waals surface area contributed by atoms with Gasteiger partial charge in [0.2, 0.25) is 0 Å². The molecule has 0 bridgehead atoms. The van der Waals surface area contributed by atoms with Crippen LogP contribution in [0.25, 0.3) is 0 Å². The summed E-state index contributed by atoms with van der Waals surface area (Å²) < 4.78 is 5.47. The fourth-order valence-corrected chi connectivity index (χ4v) is 2.35. The summed E-state index contributed by atoms with van der Waals surface area (Å²) in [4.78, 5) is 11.8. The van der Waals surface area contributed by atoms with Gasteiger partial charge in [0.15, 0.2) is 6.61 Å². The Bertz CT molecular complexity index is 436. The van der Waals surface area contributed by atoms with Crippen LogP contribution in [0.15, 0.2) is 24.3 Å². The van der Waals surface area contributed by atoms with Crippen LogP contribution in [-0.4, -0.2) is 32.1 Å². The zero-order chi connectivity index (χ0) is 14.4. The third-order valence-electron chi connectivity index (χ3n) is 3.91. The average molecular weight is 276 g/mol. The number of aryl methyl sites for hydroxylation is 1. The van der Waals surface area contributed by atoms with Gasteiger partial charge in [-0.3, -0.25) is 4.79 Å². The quantitative estimate of drug-likeness (QED) is 0.863. The van der Waals surface area contributed by atoms with Crippen molar-refractivity contribution in [2.75, 3.05) is 26.2 Å². The second-order valence-corrected chi connectivity index (χ2v) is 5.94. The van der Waals surface area contributed by atoms with E-state index in [-0.39, 0.29) is 17.9 Å². The number of nitrogens with one attached hydrogen (secondary N) is 2. The monoisotopic (exact) mass is 276 g/mol. The molecule has 2 rings (SSSR count). The highest BCUT2D eigenvalue weighted by Gasteiger charge is 2.26. The molecule has 20 heavy (non-hydrogen) atoms. The number of ether oxygens (including phenoxy) is 1. The van der Waals surface area contributed by atoms with Gasteiger partial charge in [-0.2, -0.15) is 0 Å². The predicted octanol–water partition coefficient (Wildman–Crippen LogP) is 1.88. The lowest BCUT2D eigenvalue weighted by molar-refractivity contribution is -0.123. The van der Waals surface area contributed by atoms with E-state index in [1.54, 1.807) is 0 Å². The van der Waals surface area contributed by atoms with Crippen LogP contribution in [-0.2, 0) is 4.79 Å². The van der Waals surface area contributed by atoms with E-state index in [0.29, 0.717) is 0 Å². The molecule has 0 spiro atoms. The van der Waals surface area contributed by atoms with Crippen molar-refractivity contribution in [3.63, 3.8) is 0 Å². The number of carbonyl (C=O) groups excluding carboxylic acids is 1. The van der Waals surface area contributed by atoms with Crippen LogP contribution in [0.2, 0.25) is 0 Å². The van der Waals surface area contributed by atoms with Crippen molar-refractivity contribution in [3.8, 4) is 5.75 Å². The van der Waals surface area contributed by atoms with Gasteiger partial charge in [0, 0.05) is 6.54 Å². The molecular weight excluding hydrogens is 252 g/mol. The number of amides is 1. The molecule has 1 aromatic carbocycles. The summed E-state index contributed by atoms with van der Waals surface area (Å²) in [7, 11) is 0. The SMILES string of the molecule is Cc1ccc(OCC(=O)NCC2(C)CCNCC2)cc1. The number of rotatable bonds is 5. The Balaban J connectivity index is 1.71. The Labute approximate surface area is 120 Å². The smallest absolute Gasteiger partial charge is 0.257 e. The van der Waals surface area contributed by atoms with Gasteiger partial charge < -0.3 is 15.4 Å². The average Bonchev–Trinajstić information content (AvgIpc) is 2.45. The van der Waals surface area contributed by atoms with Gasteiger partial charge in [-0.25, -0.2) is 0 Å². The van der Waals surface area contributed by atoms with Gasteiger partial charge in [0.05, 0.1) is 0 Å². The first-order valence-electron chi connectivity index (χ1n) is 7.24.